The molecule has 0 bridgehead atoms. The number of sulfonamides is 1. The van der Waals surface area contributed by atoms with Crippen molar-refractivity contribution in [3.05, 3.63) is 82.3 Å². The summed E-state index contributed by atoms with van der Waals surface area (Å²) in [6, 6.07) is 18.0. The number of rotatable bonds is 8. The molecule has 2 heterocycles. The minimum absolute atomic E-state index is 0. The van der Waals surface area contributed by atoms with Gasteiger partial charge in [-0.05, 0) is 60.7 Å². The van der Waals surface area contributed by atoms with Gasteiger partial charge in [0.25, 0.3) is 15.9 Å². The number of piperazine rings is 1. The number of carbonyl (C=O) groups is 1. The summed E-state index contributed by atoms with van der Waals surface area (Å²) in [6.07, 6.45) is 0. The van der Waals surface area contributed by atoms with Gasteiger partial charge in [-0.3, -0.25) is 14.4 Å². The summed E-state index contributed by atoms with van der Waals surface area (Å²) < 4.78 is 28.9. The lowest BCUT2D eigenvalue weighted by Gasteiger charge is -2.34. The van der Waals surface area contributed by atoms with Crippen LogP contribution in [0.2, 0.25) is 10.0 Å². The van der Waals surface area contributed by atoms with Crippen LogP contribution in [0.3, 0.4) is 0 Å². The van der Waals surface area contributed by atoms with E-state index in [9.17, 15) is 13.2 Å². The molecule has 4 aromatic rings. The highest BCUT2D eigenvalue weighted by atomic mass is 35.5. The zero-order valence-corrected chi connectivity index (χ0v) is 24.6. The third-order valence-electron chi connectivity index (χ3n) is 6.20. The van der Waals surface area contributed by atoms with Gasteiger partial charge in [0.05, 0.1) is 15.1 Å². The zero-order chi connectivity index (χ0) is 26.7. The first-order valence-electron chi connectivity index (χ1n) is 12.0. The minimum Gasteiger partial charge on any atom is -0.351 e. The van der Waals surface area contributed by atoms with E-state index in [0.717, 1.165) is 48.1 Å². The first-order chi connectivity index (χ1) is 18.3. The molecule has 0 radical (unpaired) electrons. The summed E-state index contributed by atoms with van der Waals surface area (Å²) in [6.45, 7) is 4.66. The van der Waals surface area contributed by atoms with Gasteiger partial charge >= 0.3 is 0 Å². The van der Waals surface area contributed by atoms with Crippen LogP contribution in [0.5, 0.6) is 0 Å². The number of thiazole rings is 1. The highest BCUT2D eigenvalue weighted by Crippen LogP contribution is 2.31. The second kappa shape index (κ2) is 12.7. The van der Waals surface area contributed by atoms with Gasteiger partial charge in [-0.15, -0.1) is 12.4 Å². The average molecular weight is 627 g/mol. The van der Waals surface area contributed by atoms with Crippen molar-refractivity contribution in [2.75, 3.05) is 48.9 Å². The molecule has 0 aliphatic carbocycles. The molecule has 0 unspecified atom stereocenters. The number of fused-ring (bicyclic) bond motifs is 1. The van der Waals surface area contributed by atoms with Gasteiger partial charge in [0, 0.05) is 60.6 Å². The van der Waals surface area contributed by atoms with Crippen molar-refractivity contribution >= 4 is 83.9 Å². The first-order valence-corrected chi connectivity index (χ1v) is 15.0. The number of aromatic nitrogens is 1. The molecule has 8 nitrogen and oxygen atoms in total. The fraction of sp³-hybridized carbons (Fsp3) is 0.231. The van der Waals surface area contributed by atoms with Gasteiger partial charge in [-0.25, -0.2) is 13.4 Å². The predicted molar refractivity (Wildman–Crippen MR) is 162 cm³/mol. The van der Waals surface area contributed by atoms with Crippen molar-refractivity contribution in [2.45, 2.75) is 4.90 Å². The predicted octanol–water partition coefficient (Wildman–Crippen LogP) is 5.38. The van der Waals surface area contributed by atoms with Gasteiger partial charge in [-0.1, -0.05) is 40.6 Å². The Hall–Kier alpha value is -2.60. The maximum absolute atomic E-state index is 12.7. The number of carbonyl (C=O) groups excluding carboxylic acids is 1. The number of amides is 1. The Morgan fingerprint density at radius 3 is 2.41 bits per heavy atom. The van der Waals surface area contributed by atoms with Crippen LogP contribution in [0.15, 0.2) is 71.6 Å². The summed E-state index contributed by atoms with van der Waals surface area (Å²) >= 11 is 13.6. The number of nitrogens with zero attached hydrogens (tertiary/aromatic N) is 3. The Balaban J connectivity index is 0.00000353. The maximum atomic E-state index is 12.7. The van der Waals surface area contributed by atoms with E-state index in [1.807, 2.05) is 18.2 Å². The minimum atomic E-state index is -3.80. The number of nitrogens with one attached hydrogen (secondary N) is 2. The number of benzene rings is 3. The molecule has 39 heavy (non-hydrogen) atoms. The lowest BCUT2D eigenvalue weighted by molar-refractivity contribution is 0.0948. The third kappa shape index (κ3) is 7.33. The van der Waals surface area contributed by atoms with E-state index in [-0.39, 0.29) is 23.2 Å². The molecule has 1 aliphatic rings. The lowest BCUT2D eigenvalue weighted by atomic mass is 10.2. The van der Waals surface area contributed by atoms with Crippen LogP contribution in [-0.4, -0.2) is 63.5 Å². The summed E-state index contributed by atoms with van der Waals surface area (Å²) in [5.74, 6) is -0.260. The molecule has 2 N–H and O–H groups in total. The average Bonchev–Trinajstić information content (AvgIpc) is 3.32. The zero-order valence-electron chi connectivity index (χ0n) is 20.6. The smallest absolute Gasteiger partial charge is 0.261 e. The maximum Gasteiger partial charge on any atom is 0.261 e. The van der Waals surface area contributed by atoms with Crippen molar-refractivity contribution in [3.63, 3.8) is 0 Å². The lowest BCUT2D eigenvalue weighted by Crippen LogP contribution is -2.48. The first kappa shape index (κ1) is 29.4. The Morgan fingerprint density at radius 1 is 0.949 bits per heavy atom. The second-order valence-corrected chi connectivity index (χ2v) is 12.4. The van der Waals surface area contributed by atoms with Crippen molar-refractivity contribution in [1.82, 2.24) is 15.2 Å². The SMILES string of the molecule is Cl.O=C(NCCN1CCN(c2nc3ccc(Cl)cc3s2)CC1)c1cccc(NS(=O)(=O)c2ccc(Cl)cc2)c1. The molecule has 1 aliphatic heterocycles. The summed E-state index contributed by atoms with van der Waals surface area (Å²) in [5.41, 5.74) is 1.64. The molecule has 1 amide bonds. The summed E-state index contributed by atoms with van der Waals surface area (Å²) in [7, 11) is -3.80. The van der Waals surface area contributed by atoms with Gasteiger partial charge in [-0.2, -0.15) is 0 Å². The van der Waals surface area contributed by atoms with Crippen molar-refractivity contribution in [2.24, 2.45) is 0 Å². The van der Waals surface area contributed by atoms with Gasteiger partial charge < -0.3 is 10.2 Å². The van der Waals surface area contributed by atoms with Crippen molar-refractivity contribution in [3.8, 4) is 0 Å². The molecule has 0 saturated carbocycles. The van der Waals surface area contributed by atoms with E-state index in [0.29, 0.717) is 27.8 Å². The third-order valence-corrected chi connectivity index (χ3v) is 9.16. The molecule has 206 valence electrons. The summed E-state index contributed by atoms with van der Waals surface area (Å²) in [4.78, 5) is 22.1. The Kier molecular flexibility index (Phi) is 9.58. The molecular weight excluding hydrogens is 601 g/mol. The number of hydrogen-bond donors (Lipinski definition) is 2. The molecule has 0 atom stereocenters. The van der Waals surface area contributed by atoms with Gasteiger partial charge in [0.2, 0.25) is 0 Å². The molecule has 5 rings (SSSR count). The molecular formula is C26H26Cl3N5O3S2. The molecule has 1 fully saturated rings. The molecule has 1 aromatic heterocycles. The van der Waals surface area contributed by atoms with Crippen molar-refractivity contribution < 1.29 is 13.2 Å². The number of anilines is 2. The van der Waals surface area contributed by atoms with E-state index in [1.165, 1.54) is 30.3 Å². The largest absolute Gasteiger partial charge is 0.351 e. The normalized spacial score (nSPS) is 14.2. The molecule has 13 heteroatoms. The Morgan fingerprint density at radius 2 is 1.67 bits per heavy atom. The molecule has 0 spiro atoms. The topological polar surface area (TPSA) is 94.6 Å². The number of hydrogen-bond acceptors (Lipinski definition) is 7. The Labute approximate surface area is 247 Å². The summed E-state index contributed by atoms with van der Waals surface area (Å²) in [5, 5.41) is 5.09. The highest BCUT2D eigenvalue weighted by Gasteiger charge is 2.20. The van der Waals surface area contributed by atoms with Crippen LogP contribution < -0.4 is 14.9 Å². The highest BCUT2D eigenvalue weighted by molar-refractivity contribution is 7.92. The molecule has 3 aromatic carbocycles. The fourth-order valence-corrected chi connectivity index (χ4v) is 6.63. The van der Waals surface area contributed by atoms with Crippen LogP contribution in [0.4, 0.5) is 10.8 Å². The quantitative estimate of drug-likeness (QED) is 0.273. The Bertz CT molecular complexity index is 1560. The second-order valence-electron chi connectivity index (χ2n) is 8.83. The van der Waals surface area contributed by atoms with Crippen LogP contribution in [-0.2, 0) is 10.0 Å². The van der Waals surface area contributed by atoms with E-state index in [1.54, 1.807) is 29.5 Å². The van der Waals surface area contributed by atoms with E-state index < -0.39 is 10.0 Å². The van der Waals surface area contributed by atoms with Crippen LogP contribution in [0.1, 0.15) is 10.4 Å². The van der Waals surface area contributed by atoms with Crippen LogP contribution >= 0.6 is 46.9 Å². The van der Waals surface area contributed by atoms with Gasteiger partial charge in [0.15, 0.2) is 5.13 Å². The van der Waals surface area contributed by atoms with E-state index in [2.05, 4.69) is 19.8 Å². The fourth-order valence-electron chi connectivity index (χ4n) is 4.17. The van der Waals surface area contributed by atoms with Crippen molar-refractivity contribution in [1.29, 1.82) is 0 Å². The van der Waals surface area contributed by atoms with E-state index >= 15 is 0 Å². The number of halogens is 3. The molecule has 1 saturated heterocycles. The van der Waals surface area contributed by atoms with Crippen LogP contribution in [0, 0.1) is 0 Å². The van der Waals surface area contributed by atoms with E-state index in [4.69, 9.17) is 28.2 Å². The van der Waals surface area contributed by atoms with Crippen LogP contribution in [0.25, 0.3) is 10.2 Å². The monoisotopic (exact) mass is 625 g/mol. The van der Waals surface area contributed by atoms with Gasteiger partial charge in [0.1, 0.15) is 0 Å². The standard InChI is InChI=1S/C26H25Cl2N5O3S2.ClH/c27-19-4-7-22(8-5-19)38(35,36)31-21-3-1-2-18(16-21)25(34)29-10-11-32-12-14-33(15-13-32)26-30-23-9-6-20(28)17-24(23)37-26;/h1-9,16-17,31H,10-15H2,(H,29,34);1H.